The SMILES string of the molecule is CNc1ncnc(Sc2ccc(Br)cn2)c1OC. The molecule has 2 aromatic heterocycles. The summed E-state index contributed by atoms with van der Waals surface area (Å²) in [5, 5.41) is 4.54. The number of methoxy groups -OCH3 is 1. The number of hydrogen-bond acceptors (Lipinski definition) is 6. The molecular weight excluding hydrogens is 316 g/mol. The Morgan fingerprint density at radius 1 is 1.28 bits per heavy atom. The maximum Gasteiger partial charge on any atom is 0.194 e. The van der Waals surface area contributed by atoms with E-state index in [9.17, 15) is 0 Å². The van der Waals surface area contributed by atoms with Crippen LogP contribution >= 0.6 is 27.7 Å². The Morgan fingerprint density at radius 3 is 2.72 bits per heavy atom. The lowest BCUT2D eigenvalue weighted by Gasteiger charge is -2.10. The third kappa shape index (κ3) is 2.91. The van der Waals surface area contributed by atoms with Gasteiger partial charge in [0.15, 0.2) is 11.6 Å². The molecule has 2 rings (SSSR count). The summed E-state index contributed by atoms with van der Waals surface area (Å²) >= 11 is 4.78. The fourth-order valence-corrected chi connectivity index (χ4v) is 2.36. The Morgan fingerprint density at radius 2 is 2.11 bits per heavy atom. The van der Waals surface area contributed by atoms with Gasteiger partial charge in [0.25, 0.3) is 0 Å². The van der Waals surface area contributed by atoms with Crippen molar-refractivity contribution in [1.29, 1.82) is 0 Å². The van der Waals surface area contributed by atoms with Crippen molar-refractivity contribution in [2.75, 3.05) is 19.5 Å². The van der Waals surface area contributed by atoms with Crippen LogP contribution in [0.25, 0.3) is 0 Å². The first-order valence-corrected chi connectivity index (χ1v) is 6.71. The number of nitrogens with one attached hydrogen (secondary N) is 1. The Bertz CT molecular complexity index is 535. The first-order chi connectivity index (χ1) is 8.74. The molecule has 2 heterocycles. The van der Waals surface area contributed by atoms with E-state index in [-0.39, 0.29) is 0 Å². The molecule has 0 radical (unpaired) electrons. The second kappa shape index (κ2) is 6.01. The monoisotopic (exact) mass is 326 g/mol. The van der Waals surface area contributed by atoms with Gasteiger partial charge in [0, 0.05) is 17.7 Å². The summed E-state index contributed by atoms with van der Waals surface area (Å²) in [5.74, 6) is 1.28. The van der Waals surface area contributed by atoms with E-state index in [0.717, 1.165) is 14.5 Å². The molecule has 0 aliphatic heterocycles. The summed E-state index contributed by atoms with van der Waals surface area (Å²) in [4.78, 5) is 12.6. The van der Waals surface area contributed by atoms with E-state index >= 15 is 0 Å². The number of aromatic nitrogens is 3. The van der Waals surface area contributed by atoms with Gasteiger partial charge >= 0.3 is 0 Å². The number of halogens is 1. The quantitative estimate of drug-likeness (QED) is 0.872. The molecule has 0 saturated heterocycles. The largest absolute Gasteiger partial charge is 0.490 e. The molecule has 2 aromatic rings. The average Bonchev–Trinajstić information content (AvgIpc) is 2.41. The third-order valence-electron chi connectivity index (χ3n) is 2.11. The molecule has 7 heteroatoms. The maximum atomic E-state index is 5.32. The lowest BCUT2D eigenvalue weighted by Crippen LogP contribution is -1.99. The van der Waals surface area contributed by atoms with Crippen LogP contribution in [0, 0.1) is 0 Å². The van der Waals surface area contributed by atoms with Crippen molar-refractivity contribution in [3.05, 3.63) is 29.1 Å². The molecule has 0 aromatic carbocycles. The zero-order valence-electron chi connectivity index (χ0n) is 9.85. The predicted octanol–water partition coefficient (Wildman–Crippen LogP) is 2.84. The molecule has 0 amide bonds. The van der Waals surface area contributed by atoms with Gasteiger partial charge in [0.1, 0.15) is 16.4 Å². The van der Waals surface area contributed by atoms with Crippen LogP contribution in [0.5, 0.6) is 5.75 Å². The molecule has 0 fully saturated rings. The highest BCUT2D eigenvalue weighted by Crippen LogP contribution is 2.35. The van der Waals surface area contributed by atoms with Gasteiger partial charge in [-0.2, -0.15) is 0 Å². The van der Waals surface area contributed by atoms with Crippen LogP contribution in [0.3, 0.4) is 0 Å². The van der Waals surface area contributed by atoms with Gasteiger partial charge in [0.05, 0.1) is 7.11 Å². The predicted molar refractivity (Wildman–Crippen MR) is 74.2 cm³/mol. The first kappa shape index (κ1) is 13.1. The maximum absolute atomic E-state index is 5.32. The number of pyridine rings is 1. The fourth-order valence-electron chi connectivity index (χ4n) is 1.31. The minimum absolute atomic E-state index is 0.620. The molecule has 0 saturated carbocycles. The second-order valence-electron chi connectivity index (χ2n) is 3.23. The highest BCUT2D eigenvalue weighted by Gasteiger charge is 2.12. The Hall–Kier alpha value is -1.34. The minimum atomic E-state index is 0.620. The van der Waals surface area contributed by atoms with Crippen molar-refractivity contribution in [3.63, 3.8) is 0 Å². The fraction of sp³-hybridized carbons (Fsp3) is 0.182. The number of rotatable bonds is 4. The van der Waals surface area contributed by atoms with Crippen molar-refractivity contribution in [3.8, 4) is 5.75 Å². The third-order valence-corrected chi connectivity index (χ3v) is 3.52. The van der Waals surface area contributed by atoms with Gasteiger partial charge in [-0.15, -0.1) is 0 Å². The molecule has 5 nitrogen and oxygen atoms in total. The number of ether oxygens (including phenoxy) is 1. The van der Waals surface area contributed by atoms with Crippen LogP contribution in [-0.2, 0) is 0 Å². The van der Waals surface area contributed by atoms with E-state index < -0.39 is 0 Å². The highest BCUT2D eigenvalue weighted by molar-refractivity contribution is 9.10. The smallest absolute Gasteiger partial charge is 0.194 e. The van der Waals surface area contributed by atoms with Crippen LogP contribution in [0.2, 0.25) is 0 Å². The molecule has 0 spiro atoms. The molecule has 0 aliphatic carbocycles. The highest BCUT2D eigenvalue weighted by atomic mass is 79.9. The van der Waals surface area contributed by atoms with Gasteiger partial charge in [-0.1, -0.05) is 0 Å². The van der Waals surface area contributed by atoms with E-state index in [1.165, 1.54) is 18.1 Å². The van der Waals surface area contributed by atoms with Crippen molar-refractivity contribution >= 4 is 33.5 Å². The molecular formula is C11H11BrN4OS. The van der Waals surface area contributed by atoms with Crippen LogP contribution in [0.15, 0.2) is 39.2 Å². The minimum Gasteiger partial charge on any atom is -0.490 e. The van der Waals surface area contributed by atoms with Gasteiger partial charge in [-0.25, -0.2) is 15.0 Å². The summed E-state index contributed by atoms with van der Waals surface area (Å²) in [7, 11) is 3.38. The molecule has 1 N–H and O–H groups in total. The topological polar surface area (TPSA) is 59.9 Å². The molecule has 94 valence electrons. The van der Waals surface area contributed by atoms with E-state index in [2.05, 4.69) is 36.2 Å². The zero-order chi connectivity index (χ0) is 13.0. The average molecular weight is 327 g/mol. The molecule has 0 atom stereocenters. The van der Waals surface area contributed by atoms with Gasteiger partial charge < -0.3 is 10.1 Å². The molecule has 18 heavy (non-hydrogen) atoms. The van der Waals surface area contributed by atoms with Gasteiger partial charge in [-0.05, 0) is 39.8 Å². The van der Waals surface area contributed by atoms with Crippen molar-refractivity contribution < 1.29 is 4.74 Å². The van der Waals surface area contributed by atoms with E-state index in [4.69, 9.17) is 4.74 Å². The normalized spacial score (nSPS) is 10.2. The number of hydrogen-bond donors (Lipinski definition) is 1. The lowest BCUT2D eigenvalue weighted by atomic mass is 10.5. The summed E-state index contributed by atoms with van der Waals surface area (Å²) in [6.07, 6.45) is 3.24. The van der Waals surface area contributed by atoms with Crippen LogP contribution < -0.4 is 10.1 Å². The summed E-state index contributed by atoms with van der Waals surface area (Å²) in [6.45, 7) is 0. The summed E-state index contributed by atoms with van der Waals surface area (Å²) in [6, 6.07) is 3.84. The zero-order valence-corrected chi connectivity index (χ0v) is 12.2. The van der Waals surface area contributed by atoms with Crippen molar-refractivity contribution in [2.24, 2.45) is 0 Å². The van der Waals surface area contributed by atoms with E-state index in [0.29, 0.717) is 11.6 Å². The Balaban J connectivity index is 2.31. The summed E-state index contributed by atoms with van der Waals surface area (Å²) < 4.78 is 6.26. The Kier molecular flexibility index (Phi) is 4.38. The number of nitrogens with zero attached hydrogens (tertiary/aromatic N) is 3. The van der Waals surface area contributed by atoms with Crippen LogP contribution in [0.4, 0.5) is 5.82 Å². The lowest BCUT2D eigenvalue weighted by molar-refractivity contribution is 0.400. The molecule has 0 bridgehead atoms. The Labute approximate surface area is 118 Å². The van der Waals surface area contributed by atoms with Crippen LogP contribution in [-0.4, -0.2) is 29.1 Å². The van der Waals surface area contributed by atoms with Crippen LogP contribution in [0.1, 0.15) is 0 Å². The van der Waals surface area contributed by atoms with Crippen molar-refractivity contribution in [2.45, 2.75) is 10.1 Å². The second-order valence-corrected chi connectivity index (χ2v) is 5.15. The van der Waals surface area contributed by atoms with E-state index in [1.54, 1.807) is 20.4 Å². The standard InChI is InChI=1S/C11H11BrN4OS/c1-13-10-9(17-2)11(16-6-15-10)18-8-4-3-7(12)5-14-8/h3-6H,1-2H3,(H,13,15,16). The van der Waals surface area contributed by atoms with Gasteiger partial charge in [-0.3, -0.25) is 0 Å². The molecule has 0 unspecified atom stereocenters. The van der Waals surface area contributed by atoms with Gasteiger partial charge in [0.2, 0.25) is 0 Å². The molecule has 0 aliphatic rings. The first-order valence-electron chi connectivity index (χ1n) is 5.10. The van der Waals surface area contributed by atoms with E-state index in [1.807, 2.05) is 12.1 Å². The summed E-state index contributed by atoms with van der Waals surface area (Å²) in [5.41, 5.74) is 0. The number of anilines is 1. The van der Waals surface area contributed by atoms with Crippen molar-refractivity contribution in [1.82, 2.24) is 15.0 Å².